The van der Waals surface area contributed by atoms with E-state index >= 15 is 0 Å². The maximum absolute atomic E-state index is 2.39. The van der Waals surface area contributed by atoms with Gasteiger partial charge in [0, 0.05) is 0 Å². The average Bonchev–Trinajstić information content (AvgIpc) is 2.49. The summed E-state index contributed by atoms with van der Waals surface area (Å²) in [7, 11) is 0. The molecule has 0 aromatic rings. The van der Waals surface area contributed by atoms with Crippen LogP contribution in [0.15, 0.2) is 23.1 Å². The Hall–Kier alpha value is -0.170. The maximum atomic E-state index is 2.39. The second-order valence-electron chi connectivity index (χ2n) is 6.04. The van der Waals surface area contributed by atoms with Crippen molar-refractivity contribution in [1.29, 1.82) is 0 Å². The Morgan fingerprint density at radius 3 is 2.20 bits per heavy atom. The molecule has 0 aromatic carbocycles. The van der Waals surface area contributed by atoms with Crippen molar-refractivity contribution in [3.05, 3.63) is 23.1 Å². The predicted molar refractivity (Wildman–Crippen MR) is 95.4 cm³/mol. The minimum absolute atomic E-state index is 1.28. The fourth-order valence-electron chi connectivity index (χ4n) is 2.68. The van der Waals surface area contributed by atoms with Crippen LogP contribution in [0.5, 0.6) is 0 Å². The van der Waals surface area contributed by atoms with Gasteiger partial charge < -0.3 is 0 Å². The van der Waals surface area contributed by atoms with Gasteiger partial charge >= 0.3 is 0 Å². The smallest absolute Gasteiger partial charge is 0.00259 e. The molecule has 0 bridgehead atoms. The van der Waals surface area contributed by atoms with E-state index in [0.717, 1.165) is 0 Å². The van der Waals surface area contributed by atoms with E-state index in [1.807, 2.05) is 11.8 Å². The van der Waals surface area contributed by atoms with Crippen molar-refractivity contribution in [3.8, 4) is 0 Å². The lowest BCUT2D eigenvalue weighted by Crippen LogP contribution is -1.86. The summed E-state index contributed by atoms with van der Waals surface area (Å²) in [4.78, 5) is 0. The Morgan fingerprint density at radius 2 is 1.60 bits per heavy atom. The molecule has 1 rings (SSSR count). The monoisotopic (exact) mass is 294 g/mol. The highest BCUT2D eigenvalue weighted by Gasteiger charge is 1.98. The van der Waals surface area contributed by atoms with E-state index in [2.05, 4.69) is 24.5 Å². The molecule has 1 aliphatic carbocycles. The first-order valence-electron chi connectivity index (χ1n) is 8.90. The average molecular weight is 295 g/mol. The fourth-order valence-corrected chi connectivity index (χ4v) is 3.58. The molecule has 0 atom stereocenters. The molecule has 0 unspecified atom stereocenters. The van der Waals surface area contributed by atoms with Crippen molar-refractivity contribution in [2.75, 3.05) is 5.75 Å². The van der Waals surface area contributed by atoms with Crippen LogP contribution in [0.3, 0.4) is 0 Å². The molecule has 0 saturated carbocycles. The van der Waals surface area contributed by atoms with Crippen molar-refractivity contribution >= 4 is 11.8 Å². The van der Waals surface area contributed by atoms with E-state index < -0.39 is 0 Å². The fraction of sp³-hybridized carbons (Fsp3) is 0.789. The topological polar surface area (TPSA) is 0 Å². The molecule has 0 aliphatic heterocycles. The zero-order chi connectivity index (χ0) is 14.3. The van der Waals surface area contributed by atoms with Crippen molar-refractivity contribution in [2.45, 2.75) is 90.4 Å². The summed E-state index contributed by atoms with van der Waals surface area (Å²) in [5.41, 5.74) is 1.55. The predicted octanol–water partition coefficient (Wildman–Crippen LogP) is 7.26. The van der Waals surface area contributed by atoms with Gasteiger partial charge in [-0.25, -0.2) is 0 Å². The minimum atomic E-state index is 1.28. The molecular formula is C19H34S. The highest BCUT2D eigenvalue weighted by atomic mass is 32.2. The molecule has 0 radical (unpaired) electrons. The zero-order valence-electron chi connectivity index (χ0n) is 13.5. The molecule has 0 fully saturated rings. The van der Waals surface area contributed by atoms with E-state index in [9.17, 15) is 0 Å². The van der Waals surface area contributed by atoms with Gasteiger partial charge in [0.25, 0.3) is 0 Å². The highest BCUT2D eigenvalue weighted by Crippen LogP contribution is 2.20. The molecule has 0 saturated heterocycles. The molecular weight excluding hydrogens is 260 g/mol. The third kappa shape index (κ3) is 10.6. The zero-order valence-corrected chi connectivity index (χ0v) is 14.4. The molecule has 20 heavy (non-hydrogen) atoms. The number of rotatable bonds is 12. The van der Waals surface area contributed by atoms with E-state index in [1.165, 1.54) is 89.2 Å². The summed E-state index contributed by atoms with van der Waals surface area (Å²) in [6.07, 6.45) is 22.9. The van der Waals surface area contributed by atoms with Crippen LogP contribution in [0.2, 0.25) is 0 Å². The third-order valence-electron chi connectivity index (χ3n) is 4.02. The van der Waals surface area contributed by atoms with Crippen molar-refractivity contribution < 1.29 is 0 Å². The Morgan fingerprint density at radius 1 is 0.950 bits per heavy atom. The molecule has 0 heterocycles. The lowest BCUT2D eigenvalue weighted by Gasteiger charge is -2.06. The SMILES string of the molecule is CCCCCCCCCCCCSC=C1C=CCCC1. The Balaban J connectivity index is 1.78. The molecule has 0 aromatic heterocycles. The molecule has 116 valence electrons. The van der Waals surface area contributed by atoms with Gasteiger partial charge in [0.1, 0.15) is 0 Å². The maximum Gasteiger partial charge on any atom is -0.00259 e. The van der Waals surface area contributed by atoms with E-state index in [-0.39, 0.29) is 0 Å². The second-order valence-corrected chi connectivity index (χ2v) is 7.02. The first kappa shape index (κ1) is 17.9. The minimum Gasteiger partial charge on any atom is -0.134 e. The van der Waals surface area contributed by atoms with Gasteiger partial charge in [-0.15, -0.1) is 11.8 Å². The van der Waals surface area contributed by atoms with Crippen LogP contribution < -0.4 is 0 Å². The van der Waals surface area contributed by atoms with Gasteiger partial charge in [-0.1, -0.05) is 76.9 Å². The molecule has 1 heteroatoms. The van der Waals surface area contributed by atoms with Crippen molar-refractivity contribution in [3.63, 3.8) is 0 Å². The lowest BCUT2D eigenvalue weighted by molar-refractivity contribution is 0.563. The molecule has 0 N–H and O–H groups in total. The summed E-state index contributed by atoms with van der Waals surface area (Å²) in [6, 6.07) is 0. The molecule has 1 aliphatic rings. The largest absolute Gasteiger partial charge is 0.134 e. The lowest BCUT2D eigenvalue weighted by atomic mass is 10.0. The summed E-state index contributed by atoms with van der Waals surface area (Å²) >= 11 is 2.02. The number of allylic oxidation sites excluding steroid dienone is 3. The number of thioether (sulfide) groups is 1. The normalized spacial score (nSPS) is 16.9. The van der Waals surface area contributed by atoms with Crippen LogP contribution in [0.1, 0.15) is 90.4 Å². The molecule has 0 amide bonds. The summed E-state index contributed by atoms with van der Waals surface area (Å²) in [5, 5.41) is 2.39. The van der Waals surface area contributed by atoms with E-state index in [4.69, 9.17) is 0 Å². The van der Waals surface area contributed by atoms with Gasteiger partial charge in [-0.2, -0.15) is 0 Å². The second kappa shape index (κ2) is 13.8. The van der Waals surface area contributed by atoms with Gasteiger partial charge in [-0.3, -0.25) is 0 Å². The Labute approximate surface area is 131 Å². The van der Waals surface area contributed by atoms with Crippen LogP contribution >= 0.6 is 11.8 Å². The standard InChI is InChI=1S/C19H34S/c1-2-3-4-5-6-7-8-9-10-14-17-20-18-19-15-12-11-13-16-19/h12,15,18H,2-11,13-14,16-17H2,1H3. The van der Waals surface area contributed by atoms with E-state index in [1.54, 1.807) is 5.57 Å². The van der Waals surface area contributed by atoms with Gasteiger partial charge in [0.15, 0.2) is 0 Å². The van der Waals surface area contributed by atoms with Crippen LogP contribution in [-0.4, -0.2) is 5.75 Å². The summed E-state index contributed by atoms with van der Waals surface area (Å²) < 4.78 is 0. The summed E-state index contributed by atoms with van der Waals surface area (Å²) in [5.74, 6) is 1.31. The van der Waals surface area contributed by atoms with Crippen LogP contribution in [0.4, 0.5) is 0 Å². The number of hydrogen-bond donors (Lipinski definition) is 0. The Bertz CT molecular complexity index is 265. The van der Waals surface area contributed by atoms with Crippen LogP contribution in [0.25, 0.3) is 0 Å². The molecule has 0 nitrogen and oxygen atoms in total. The van der Waals surface area contributed by atoms with Crippen molar-refractivity contribution in [2.24, 2.45) is 0 Å². The quantitative estimate of drug-likeness (QED) is 0.341. The van der Waals surface area contributed by atoms with Gasteiger partial charge in [0.2, 0.25) is 0 Å². The third-order valence-corrected chi connectivity index (χ3v) is 5.01. The first-order valence-corrected chi connectivity index (χ1v) is 9.95. The Kier molecular flexibility index (Phi) is 12.3. The first-order chi connectivity index (χ1) is 9.93. The van der Waals surface area contributed by atoms with Crippen molar-refractivity contribution in [1.82, 2.24) is 0 Å². The number of hydrogen-bond acceptors (Lipinski definition) is 1. The van der Waals surface area contributed by atoms with E-state index in [0.29, 0.717) is 0 Å². The van der Waals surface area contributed by atoms with Gasteiger partial charge in [-0.05, 0) is 42.4 Å². The number of unbranched alkanes of at least 4 members (excludes halogenated alkanes) is 9. The van der Waals surface area contributed by atoms with Crippen LogP contribution in [0, 0.1) is 0 Å². The van der Waals surface area contributed by atoms with Crippen LogP contribution in [-0.2, 0) is 0 Å². The highest BCUT2D eigenvalue weighted by molar-refractivity contribution is 8.02. The summed E-state index contributed by atoms with van der Waals surface area (Å²) in [6.45, 7) is 2.29. The van der Waals surface area contributed by atoms with Gasteiger partial charge in [0.05, 0.1) is 0 Å². The molecule has 0 spiro atoms.